The summed E-state index contributed by atoms with van der Waals surface area (Å²) in [5.74, 6) is -1.02. The molecule has 2 amide bonds. The number of ether oxygens (including phenoxy) is 4. The highest BCUT2D eigenvalue weighted by molar-refractivity contribution is 6.07. The Bertz CT molecular complexity index is 1730. The summed E-state index contributed by atoms with van der Waals surface area (Å²) in [6.45, 7) is 4.89. The van der Waals surface area contributed by atoms with E-state index in [2.05, 4.69) is 15.5 Å². The largest absolute Gasteiger partial charge is 0.505 e. The molecule has 2 aromatic carbocycles. The number of carbonyl (C=O) groups excluding carboxylic acids is 2. The fraction of sp³-hybridized carbons (Fsp3) is 0.310. The highest BCUT2D eigenvalue weighted by Crippen LogP contribution is 2.38. The second kappa shape index (κ2) is 11.4. The van der Waals surface area contributed by atoms with Crippen LogP contribution in [0.15, 0.2) is 57.9 Å². The number of aromatic nitrogens is 2. The van der Waals surface area contributed by atoms with Crippen LogP contribution >= 0.6 is 0 Å². The molecule has 14 heteroatoms. The summed E-state index contributed by atoms with van der Waals surface area (Å²) < 4.78 is 27.9. The van der Waals surface area contributed by atoms with Gasteiger partial charge < -0.3 is 44.6 Å². The van der Waals surface area contributed by atoms with Gasteiger partial charge in [0.15, 0.2) is 23.6 Å². The SMILES string of the molecule is CO[C@@H]1[C@@H](OC(N)=O)[C@@H](O)[C@H](Oc2ccc3c(O)c(NC(=O)c4cccc(-c5cc[nH]n5)c4)c(=O)oc3c2C)OC1(C)C. The minimum absolute atomic E-state index is 0.0252. The van der Waals surface area contributed by atoms with Crippen LogP contribution in [0.5, 0.6) is 11.5 Å². The molecule has 4 aromatic rings. The number of nitrogens with one attached hydrogen (secondary N) is 2. The Kier molecular flexibility index (Phi) is 7.84. The third-order valence-electron chi connectivity index (χ3n) is 7.18. The van der Waals surface area contributed by atoms with E-state index in [9.17, 15) is 24.6 Å². The second-order valence-corrected chi connectivity index (χ2v) is 10.4. The highest BCUT2D eigenvalue weighted by Gasteiger charge is 2.53. The average molecular weight is 595 g/mol. The van der Waals surface area contributed by atoms with E-state index in [4.69, 9.17) is 29.1 Å². The van der Waals surface area contributed by atoms with Gasteiger partial charge in [-0.15, -0.1) is 0 Å². The number of fused-ring (bicyclic) bond motifs is 1. The number of anilines is 1. The molecule has 1 aliphatic rings. The predicted molar refractivity (Wildman–Crippen MR) is 152 cm³/mol. The number of carbonyl (C=O) groups is 2. The van der Waals surface area contributed by atoms with E-state index in [0.717, 1.165) is 0 Å². The molecular weight excluding hydrogens is 564 g/mol. The summed E-state index contributed by atoms with van der Waals surface area (Å²) in [6.07, 6.45) is -4.41. The zero-order valence-corrected chi connectivity index (χ0v) is 23.6. The molecule has 2 aromatic heterocycles. The lowest BCUT2D eigenvalue weighted by Gasteiger charge is -2.47. The molecule has 4 atom stereocenters. The predicted octanol–water partition coefficient (Wildman–Crippen LogP) is 2.80. The Morgan fingerprint density at radius 3 is 2.63 bits per heavy atom. The van der Waals surface area contributed by atoms with Gasteiger partial charge >= 0.3 is 11.7 Å². The fourth-order valence-electron chi connectivity index (χ4n) is 5.10. The number of primary amides is 1. The van der Waals surface area contributed by atoms with Crippen molar-refractivity contribution in [2.24, 2.45) is 5.73 Å². The van der Waals surface area contributed by atoms with Gasteiger partial charge in [-0.2, -0.15) is 5.10 Å². The zero-order valence-electron chi connectivity index (χ0n) is 23.6. The number of aliphatic hydroxyl groups is 1. The van der Waals surface area contributed by atoms with Crippen LogP contribution in [0.4, 0.5) is 10.5 Å². The van der Waals surface area contributed by atoms with Crippen molar-refractivity contribution in [3.8, 4) is 22.8 Å². The maximum absolute atomic E-state index is 13.0. The van der Waals surface area contributed by atoms with Gasteiger partial charge in [0.2, 0.25) is 6.29 Å². The third kappa shape index (κ3) is 5.62. The number of aromatic amines is 1. The Morgan fingerprint density at radius 2 is 1.95 bits per heavy atom. The number of benzene rings is 2. The molecule has 0 spiro atoms. The summed E-state index contributed by atoms with van der Waals surface area (Å²) >= 11 is 0. The number of aromatic hydroxyl groups is 1. The van der Waals surface area contributed by atoms with Crippen molar-refractivity contribution in [3.05, 3.63) is 70.2 Å². The Morgan fingerprint density at radius 1 is 1.19 bits per heavy atom. The van der Waals surface area contributed by atoms with E-state index < -0.39 is 59.3 Å². The molecule has 0 aliphatic carbocycles. The number of nitrogens with zero attached hydrogens (tertiary/aromatic N) is 1. The maximum Gasteiger partial charge on any atom is 0.404 e. The van der Waals surface area contributed by atoms with Gasteiger partial charge in [-0.1, -0.05) is 12.1 Å². The van der Waals surface area contributed by atoms with Crippen LogP contribution in [0.25, 0.3) is 22.2 Å². The second-order valence-electron chi connectivity index (χ2n) is 10.4. The van der Waals surface area contributed by atoms with Crippen LogP contribution in [0.1, 0.15) is 29.8 Å². The van der Waals surface area contributed by atoms with Crippen molar-refractivity contribution in [1.29, 1.82) is 0 Å². The van der Waals surface area contributed by atoms with Crippen LogP contribution in [0.2, 0.25) is 0 Å². The molecule has 43 heavy (non-hydrogen) atoms. The molecule has 1 saturated heterocycles. The maximum atomic E-state index is 13.0. The van der Waals surface area contributed by atoms with Crippen molar-refractivity contribution >= 4 is 28.7 Å². The molecule has 1 aliphatic heterocycles. The number of rotatable bonds is 7. The molecule has 6 N–H and O–H groups in total. The Hall–Kier alpha value is -4.92. The first kappa shape index (κ1) is 29.6. The van der Waals surface area contributed by atoms with Crippen molar-refractivity contribution < 1.29 is 43.2 Å². The molecule has 0 saturated carbocycles. The summed E-state index contributed by atoms with van der Waals surface area (Å²) in [5.41, 5.74) is 4.45. The van der Waals surface area contributed by atoms with E-state index in [1.54, 1.807) is 57.3 Å². The molecule has 1 fully saturated rings. The first-order chi connectivity index (χ1) is 20.4. The first-order valence-electron chi connectivity index (χ1n) is 13.1. The number of hydrogen-bond acceptors (Lipinski definition) is 11. The molecule has 226 valence electrons. The van der Waals surface area contributed by atoms with Crippen LogP contribution < -0.4 is 21.4 Å². The summed E-state index contributed by atoms with van der Waals surface area (Å²) in [6, 6.07) is 11.2. The molecular formula is C29H30N4O10. The van der Waals surface area contributed by atoms with Gasteiger partial charge in [0, 0.05) is 30.0 Å². The number of hydrogen-bond donors (Lipinski definition) is 5. The summed E-state index contributed by atoms with van der Waals surface area (Å²) in [5, 5.41) is 31.3. The van der Waals surface area contributed by atoms with E-state index >= 15 is 0 Å². The summed E-state index contributed by atoms with van der Waals surface area (Å²) in [7, 11) is 1.37. The molecule has 0 radical (unpaired) electrons. The lowest BCUT2D eigenvalue weighted by molar-refractivity contribution is -0.304. The lowest BCUT2D eigenvalue weighted by atomic mass is 9.89. The van der Waals surface area contributed by atoms with E-state index in [-0.39, 0.29) is 27.8 Å². The van der Waals surface area contributed by atoms with E-state index in [0.29, 0.717) is 11.3 Å². The smallest absolute Gasteiger partial charge is 0.404 e. The van der Waals surface area contributed by atoms with Gasteiger partial charge in [0.05, 0.1) is 16.7 Å². The van der Waals surface area contributed by atoms with Gasteiger partial charge in [-0.25, -0.2) is 9.59 Å². The van der Waals surface area contributed by atoms with E-state index in [1.807, 2.05) is 0 Å². The number of nitrogens with two attached hydrogens (primary N) is 1. The number of H-pyrrole nitrogens is 1. The van der Waals surface area contributed by atoms with Crippen LogP contribution in [0.3, 0.4) is 0 Å². The molecule has 14 nitrogen and oxygen atoms in total. The summed E-state index contributed by atoms with van der Waals surface area (Å²) in [4.78, 5) is 37.5. The third-order valence-corrected chi connectivity index (χ3v) is 7.18. The molecule has 0 unspecified atom stereocenters. The van der Waals surface area contributed by atoms with E-state index in [1.165, 1.54) is 19.2 Å². The topological polar surface area (TPSA) is 208 Å². The minimum Gasteiger partial charge on any atom is -0.505 e. The minimum atomic E-state index is -1.51. The lowest BCUT2D eigenvalue weighted by Crippen LogP contribution is -2.65. The number of methoxy groups -OCH3 is 1. The number of amides is 2. The van der Waals surface area contributed by atoms with Gasteiger partial charge in [-0.3, -0.25) is 9.89 Å². The molecule has 5 rings (SSSR count). The first-order valence-corrected chi connectivity index (χ1v) is 13.1. The monoisotopic (exact) mass is 594 g/mol. The van der Waals surface area contributed by atoms with Gasteiger partial charge in [0.25, 0.3) is 5.91 Å². The average Bonchev–Trinajstić information content (AvgIpc) is 3.50. The van der Waals surface area contributed by atoms with Crippen molar-refractivity contribution in [2.45, 2.75) is 51.0 Å². The number of aryl methyl sites for hydroxylation is 1. The standard InChI is InChI=1S/C29H30N4O10/c1-13-18(40-27-21(35)23(42-28(30)38)24(39-4)29(2,3)43-27)9-8-16-20(34)19(26(37)41-22(13)16)32-25(36)15-7-5-6-14(12-15)17-10-11-31-33-17/h5-12,21,23-24,27,34-35H,1-4H3,(H2,30,38)(H,31,33)(H,32,36)/t21-,23+,24-,27-/m1/s1. The highest BCUT2D eigenvalue weighted by atomic mass is 16.7. The van der Waals surface area contributed by atoms with Crippen LogP contribution in [-0.2, 0) is 14.2 Å². The molecule has 3 heterocycles. The Labute approximate surface area is 244 Å². The van der Waals surface area contributed by atoms with Gasteiger partial charge in [0.1, 0.15) is 17.4 Å². The Balaban J connectivity index is 1.42. The zero-order chi connectivity index (χ0) is 31.1. The van der Waals surface area contributed by atoms with Crippen molar-refractivity contribution in [1.82, 2.24) is 10.2 Å². The van der Waals surface area contributed by atoms with Gasteiger partial charge in [-0.05, 0) is 51.1 Å². The quantitative estimate of drug-likeness (QED) is 0.196. The van der Waals surface area contributed by atoms with Crippen LogP contribution in [-0.4, -0.2) is 69.7 Å². The van der Waals surface area contributed by atoms with Crippen molar-refractivity contribution in [3.63, 3.8) is 0 Å². The fourth-order valence-corrected chi connectivity index (χ4v) is 5.10. The van der Waals surface area contributed by atoms with Crippen LogP contribution in [0, 0.1) is 6.92 Å². The number of aliphatic hydroxyl groups excluding tert-OH is 1. The van der Waals surface area contributed by atoms with Crippen molar-refractivity contribution in [2.75, 3.05) is 12.4 Å². The molecule has 0 bridgehead atoms. The normalized spacial score (nSPS) is 21.3.